The Morgan fingerprint density at radius 2 is 1.69 bits per heavy atom. The number of nitrogens with two attached hydrogens (primary N) is 1. The number of hydrogen-bond acceptors (Lipinski definition) is 3. The summed E-state index contributed by atoms with van der Waals surface area (Å²) in [5.41, 5.74) is 9.22. The zero-order valence-corrected chi connectivity index (χ0v) is 19.1. The molecule has 5 heteroatoms. The average Bonchev–Trinajstić information content (AvgIpc) is 2.97. The quantitative estimate of drug-likeness (QED) is 0.694. The van der Waals surface area contributed by atoms with Gasteiger partial charge in [0, 0.05) is 10.4 Å². The number of primary amides is 1. The highest BCUT2D eigenvalue weighted by molar-refractivity contribution is 7.17. The fraction of sp³-hybridized carbons (Fsp3) is 0.500. The molecule has 0 fully saturated rings. The van der Waals surface area contributed by atoms with Crippen LogP contribution >= 0.6 is 11.3 Å². The van der Waals surface area contributed by atoms with Crippen LogP contribution in [-0.2, 0) is 18.3 Å². The van der Waals surface area contributed by atoms with E-state index in [1.54, 1.807) is 0 Å². The standard InChI is InChI=1S/C24H32N2O2S/c1-23(2,3)15-9-7-14(8-10-15)21(28)26-22-19(20(25)27)17-12-11-16(24(4,5)6)13-18(17)29-22/h7-10,16H,11-13H2,1-6H3,(H2,25,27)(H,26,28)/t16-/m0/s1. The van der Waals surface area contributed by atoms with E-state index < -0.39 is 5.91 Å². The molecular formula is C24H32N2O2S. The van der Waals surface area contributed by atoms with Gasteiger partial charge in [-0.3, -0.25) is 9.59 Å². The van der Waals surface area contributed by atoms with Crippen molar-refractivity contribution in [1.29, 1.82) is 0 Å². The van der Waals surface area contributed by atoms with Gasteiger partial charge in [-0.15, -0.1) is 11.3 Å². The number of anilines is 1. The molecule has 29 heavy (non-hydrogen) atoms. The minimum absolute atomic E-state index is 0.0323. The van der Waals surface area contributed by atoms with Crippen molar-refractivity contribution in [2.24, 2.45) is 17.1 Å². The third-order valence-electron chi connectivity index (χ3n) is 5.98. The van der Waals surface area contributed by atoms with Crippen molar-refractivity contribution >= 4 is 28.2 Å². The van der Waals surface area contributed by atoms with Gasteiger partial charge in [0.2, 0.25) is 0 Å². The Bertz CT molecular complexity index is 928. The third-order valence-corrected chi connectivity index (χ3v) is 7.15. The van der Waals surface area contributed by atoms with E-state index in [1.807, 2.05) is 24.3 Å². The predicted molar refractivity (Wildman–Crippen MR) is 121 cm³/mol. The van der Waals surface area contributed by atoms with Crippen LogP contribution in [-0.4, -0.2) is 11.8 Å². The molecule has 2 amide bonds. The SMILES string of the molecule is CC(C)(C)c1ccc(C(=O)Nc2sc3c(c2C(N)=O)CC[C@H](C(C)(C)C)C3)cc1. The Kier molecular flexibility index (Phi) is 5.65. The number of rotatable bonds is 3. The van der Waals surface area contributed by atoms with Crippen LogP contribution in [0.4, 0.5) is 5.00 Å². The van der Waals surface area contributed by atoms with Gasteiger partial charge in [0.25, 0.3) is 11.8 Å². The molecule has 2 aromatic rings. The molecule has 156 valence electrons. The summed E-state index contributed by atoms with van der Waals surface area (Å²) in [5, 5.41) is 3.54. The van der Waals surface area contributed by atoms with Crippen molar-refractivity contribution in [1.82, 2.24) is 0 Å². The average molecular weight is 413 g/mol. The van der Waals surface area contributed by atoms with Crippen LogP contribution in [0.1, 0.15) is 84.7 Å². The van der Waals surface area contributed by atoms with Gasteiger partial charge in [-0.1, -0.05) is 53.7 Å². The first kappa shape index (κ1) is 21.6. The van der Waals surface area contributed by atoms with Crippen LogP contribution in [0.25, 0.3) is 0 Å². The normalized spacial score (nSPS) is 17.0. The molecule has 0 unspecified atom stereocenters. The summed E-state index contributed by atoms with van der Waals surface area (Å²) in [4.78, 5) is 26.2. The van der Waals surface area contributed by atoms with Gasteiger partial charge in [0.1, 0.15) is 5.00 Å². The monoisotopic (exact) mass is 412 g/mol. The molecule has 1 heterocycles. The maximum atomic E-state index is 12.8. The summed E-state index contributed by atoms with van der Waals surface area (Å²) in [5.74, 6) is -0.114. The van der Waals surface area contributed by atoms with Gasteiger partial charge in [-0.2, -0.15) is 0 Å². The van der Waals surface area contributed by atoms with Gasteiger partial charge in [-0.05, 0) is 59.3 Å². The lowest BCUT2D eigenvalue weighted by Crippen LogP contribution is -2.27. The second-order valence-corrected chi connectivity index (χ2v) is 11.3. The van der Waals surface area contributed by atoms with E-state index in [2.05, 4.69) is 46.9 Å². The summed E-state index contributed by atoms with van der Waals surface area (Å²) in [6, 6.07) is 7.64. The Hall–Kier alpha value is -2.14. The molecule has 3 N–H and O–H groups in total. The number of carbonyl (C=O) groups is 2. The van der Waals surface area contributed by atoms with Gasteiger partial charge >= 0.3 is 0 Å². The molecule has 0 radical (unpaired) electrons. The molecule has 0 aliphatic heterocycles. The van der Waals surface area contributed by atoms with Crippen LogP contribution in [0.3, 0.4) is 0 Å². The molecule has 1 aromatic heterocycles. The van der Waals surface area contributed by atoms with E-state index >= 15 is 0 Å². The maximum absolute atomic E-state index is 12.8. The van der Waals surface area contributed by atoms with Crippen LogP contribution in [0.15, 0.2) is 24.3 Å². The van der Waals surface area contributed by atoms with Gasteiger partial charge in [0.05, 0.1) is 5.56 Å². The Balaban J connectivity index is 1.87. The summed E-state index contributed by atoms with van der Waals surface area (Å²) in [7, 11) is 0. The van der Waals surface area contributed by atoms with E-state index in [4.69, 9.17) is 5.73 Å². The zero-order chi connectivity index (χ0) is 21.6. The largest absolute Gasteiger partial charge is 0.365 e. The second-order valence-electron chi connectivity index (χ2n) is 10.2. The van der Waals surface area contributed by atoms with E-state index in [9.17, 15) is 9.59 Å². The van der Waals surface area contributed by atoms with E-state index in [1.165, 1.54) is 21.8 Å². The first-order valence-electron chi connectivity index (χ1n) is 10.2. The van der Waals surface area contributed by atoms with Crippen molar-refractivity contribution in [3.63, 3.8) is 0 Å². The highest BCUT2D eigenvalue weighted by Gasteiger charge is 2.33. The molecule has 3 rings (SSSR count). The molecule has 0 saturated carbocycles. The zero-order valence-electron chi connectivity index (χ0n) is 18.3. The van der Waals surface area contributed by atoms with Crippen molar-refractivity contribution in [2.45, 2.75) is 66.2 Å². The number of nitrogens with one attached hydrogen (secondary N) is 1. The summed E-state index contributed by atoms with van der Waals surface area (Å²) in [6.07, 6.45) is 2.80. The van der Waals surface area contributed by atoms with Crippen LogP contribution in [0.2, 0.25) is 0 Å². The molecule has 0 spiro atoms. The molecule has 1 aliphatic carbocycles. The lowest BCUT2D eigenvalue weighted by atomic mass is 9.72. The van der Waals surface area contributed by atoms with Crippen LogP contribution < -0.4 is 11.1 Å². The number of amides is 2. The van der Waals surface area contributed by atoms with E-state index in [0.29, 0.717) is 22.0 Å². The highest BCUT2D eigenvalue weighted by atomic mass is 32.1. The lowest BCUT2D eigenvalue weighted by Gasteiger charge is -2.33. The first-order chi connectivity index (χ1) is 13.4. The van der Waals surface area contributed by atoms with Crippen molar-refractivity contribution in [3.05, 3.63) is 51.4 Å². The molecular weight excluding hydrogens is 380 g/mol. The van der Waals surface area contributed by atoms with Gasteiger partial charge in [-0.25, -0.2) is 0 Å². The lowest BCUT2D eigenvalue weighted by molar-refractivity contribution is 0.1000. The van der Waals surface area contributed by atoms with Crippen molar-refractivity contribution in [2.75, 3.05) is 5.32 Å². The molecule has 1 aromatic carbocycles. The maximum Gasteiger partial charge on any atom is 0.256 e. The number of benzene rings is 1. The fourth-order valence-corrected chi connectivity index (χ4v) is 5.30. The highest BCUT2D eigenvalue weighted by Crippen LogP contribution is 2.44. The summed E-state index contributed by atoms with van der Waals surface area (Å²) in [6.45, 7) is 13.2. The Labute approximate surface area is 177 Å². The first-order valence-corrected chi connectivity index (χ1v) is 11.1. The van der Waals surface area contributed by atoms with E-state index in [0.717, 1.165) is 24.8 Å². The minimum atomic E-state index is -0.463. The molecule has 0 bridgehead atoms. The fourth-order valence-electron chi connectivity index (χ4n) is 3.97. The second kappa shape index (κ2) is 7.60. The summed E-state index contributed by atoms with van der Waals surface area (Å²) < 4.78 is 0. The number of thiophene rings is 1. The topological polar surface area (TPSA) is 72.2 Å². The van der Waals surface area contributed by atoms with Gasteiger partial charge < -0.3 is 11.1 Å². The molecule has 1 aliphatic rings. The Morgan fingerprint density at radius 3 is 2.21 bits per heavy atom. The van der Waals surface area contributed by atoms with Crippen molar-refractivity contribution < 1.29 is 9.59 Å². The van der Waals surface area contributed by atoms with E-state index in [-0.39, 0.29) is 16.7 Å². The summed E-state index contributed by atoms with van der Waals surface area (Å²) >= 11 is 1.51. The molecule has 4 nitrogen and oxygen atoms in total. The van der Waals surface area contributed by atoms with Crippen LogP contribution in [0, 0.1) is 11.3 Å². The van der Waals surface area contributed by atoms with Gasteiger partial charge in [0.15, 0.2) is 0 Å². The van der Waals surface area contributed by atoms with Crippen molar-refractivity contribution in [3.8, 4) is 0 Å². The predicted octanol–water partition coefficient (Wildman–Crippen LogP) is 5.55. The smallest absolute Gasteiger partial charge is 0.256 e. The number of hydrogen-bond donors (Lipinski definition) is 2. The molecule has 1 atom stereocenters. The molecule has 0 saturated heterocycles. The number of fused-ring (bicyclic) bond motifs is 1. The number of carbonyl (C=O) groups excluding carboxylic acids is 2. The minimum Gasteiger partial charge on any atom is -0.365 e. The third kappa shape index (κ3) is 4.55. The van der Waals surface area contributed by atoms with Crippen LogP contribution in [0.5, 0.6) is 0 Å². The Morgan fingerprint density at radius 1 is 1.07 bits per heavy atom.